The van der Waals surface area contributed by atoms with Gasteiger partial charge in [0, 0.05) is 18.3 Å². The number of nitrogens with one attached hydrogen (secondary N) is 2. The van der Waals surface area contributed by atoms with Gasteiger partial charge in [0.05, 0.1) is 0 Å². The Balaban J connectivity index is 3.04. The van der Waals surface area contributed by atoms with Gasteiger partial charge in [-0.3, -0.25) is 5.41 Å². The highest BCUT2D eigenvalue weighted by Crippen LogP contribution is 2.33. The first kappa shape index (κ1) is 12.1. The Hall–Kier alpha value is -1.00. The van der Waals surface area contributed by atoms with Gasteiger partial charge in [0.15, 0.2) is 0 Å². The van der Waals surface area contributed by atoms with E-state index in [1.165, 1.54) is 0 Å². The molecule has 0 saturated carbocycles. The molecule has 0 aromatic heterocycles. The van der Waals surface area contributed by atoms with Gasteiger partial charge < -0.3 is 5.32 Å². The summed E-state index contributed by atoms with van der Waals surface area (Å²) in [6.45, 7) is 1.88. The van der Waals surface area contributed by atoms with Gasteiger partial charge in [0.1, 0.15) is 5.71 Å². The summed E-state index contributed by atoms with van der Waals surface area (Å²) in [5.74, 6) is 0.0847. The highest BCUT2D eigenvalue weighted by atomic mass is 19.4. The van der Waals surface area contributed by atoms with Gasteiger partial charge in [-0.1, -0.05) is 6.92 Å². The van der Waals surface area contributed by atoms with E-state index in [1.54, 1.807) is 7.05 Å². The van der Waals surface area contributed by atoms with E-state index in [0.29, 0.717) is 12.1 Å². The van der Waals surface area contributed by atoms with Crippen molar-refractivity contribution in [1.29, 1.82) is 5.41 Å². The first-order valence-corrected chi connectivity index (χ1v) is 4.94. The molecule has 1 rings (SSSR count). The second-order valence-electron chi connectivity index (χ2n) is 3.81. The molecular formula is C10H15F3N2. The lowest BCUT2D eigenvalue weighted by molar-refractivity contribution is -0.0592. The lowest BCUT2D eigenvalue weighted by atomic mass is 9.86. The predicted molar refractivity (Wildman–Crippen MR) is 52.9 cm³/mol. The molecular weight excluding hydrogens is 205 g/mol. The summed E-state index contributed by atoms with van der Waals surface area (Å²) in [7, 11) is 1.61. The van der Waals surface area contributed by atoms with Gasteiger partial charge in [0.2, 0.25) is 0 Å². The summed E-state index contributed by atoms with van der Waals surface area (Å²) < 4.78 is 37.2. The van der Waals surface area contributed by atoms with Gasteiger partial charge in [-0.15, -0.1) is 0 Å². The lowest BCUT2D eigenvalue weighted by Gasteiger charge is -2.26. The van der Waals surface area contributed by atoms with Crippen LogP contribution in [-0.2, 0) is 0 Å². The maximum atomic E-state index is 12.4. The summed E-state index contributed by atoms with van der Waals surface area (Å²) in [5.41, 5.74) is -0.495. The maximum Gasteiger partial charge on any atom is 0.432 e. The van der Waals surface area contributed by atoms with Crippen LogP contribution in [0.15, 0.2) is 11.3 Å². The molecule has 0 aliphatic heterocycles. The number of hydrogen-bond donors (Lipinski definition) is 2. The number of hydrogen-bond acceptors (Lipinski definition) is 2. The number of allylic oxidation sites excluding steroid dienone is 2. The lowest BCUT2D eigenvalue weighted by Crippen LogP contribution is -2.30. The molecule has 5 heteroatoms. The third-order valence-corrected chi connectivity index (χ3v) is 2.74. The fourth-order valence-corrected chi connectivity index (χ4v) is 1.99. The summed E-state index contributed by atoms with van der Waals surface area (Å²) >= 11 is 0. The van der Waals surface area contributed by atoms with Crippen molar-refractivity contribution in [1.82, 2.24) is 5.32 Å². The van der Waals surface area contributed by atoms with Gasteiger partial charge in [-0.25, -0.2) is 0 Å². The van der Waals surface area contributed by atoms with Crippen molar-refractivity contribution in [2.45, 2.75) is 32.4 Å². The zero-order valence-corrected chi connectivity index (χ0v) is 8.83. The summed E-state index contributed by atoms with van der Waals surface area (Å²) in [5, 5.41) is 9.93. The number of rotatable bonds is 2. The van der Waals surface area contributed by atoms with Gasteiger partial charge in [0.25, 0.3) is 0 Å². The zero-order valence-electron chi connectivity index (χ0n) is 8.83. The number of halogens is 3. The SMILES string of the molecule is CNC1=C(C(=N)C(F)(F)F)CCCC1C. The molecule has 86 valence electrons. The van der Waals surface area contributed by atoms with Crippen molar-refractivity contribution in [2.75, 3.05) is 7.05 Å². The largest absolute Gasteiger partial charge is 0.432 e. The van der Waals surface area contributed by atoms with E-state index in [-0.39, 0.29) is 11.5 Å². The van der Waals surface area contributed by atoms with E-state index in [9.17, 15) is 13.2 Å². The minimum absolute atomic E-state index is 0.0847. The standard InChI is InChI=1S/C10H15F3N2/c1-6-4-3-5-7(8(6)15-2)9(14)10(11,12)13/h6,14-15H,3-5H2,1-2H3. The maximum absolute atomic E-state index is 12.4. The first-order chi connectivity index (χ1) is 6.88. The van der Waals surface area contributed by atoms with Crippen LogP contribution in [0.4, 0.5) is 13.2 Å². The molecule has 2 N–H and O–H groups in total. The molecule has 0 heterocycles. The smallest absolute Gasteiger partial charge is 0.391 e. The Morgan fingerprint density at radius 3 is 2.53 bits per heavy atom. The van der Waals surface area contributed by atoms with Crippen LogP contribution in [0.25, 0.3) is 0 Å². The third-order valence-electron chi connectivity index (χ3n) is 2.74. The normalized spacial score (nSPS) is 22.9. The van der Waals surface area contributed by atoms with Crippen LogP contribution in [0.3, 0.4) is 0 Å². The molecule has 0 radical (unpaired) electrons. The highest BCUT2D eigenvalue weighted by molar-refractivity contribution is 6.02. The molecule has 0 bridgehead atoms. The molecule has 0 spiro atoms. The van der Waals surface area contributed by atoms with E-state index in [4.69, 9.17) is 5.41 Å². The van der Waals surface area contributed by atoms with Gasteiger partial charge in [-0.2, -0.15) is 13.2 Å². The minimum atomic E-state index is -4.53. The summed E-state index contributed by atoms with van der Waals surface area (Å²) in [6.07, 6.45) is -2.59. The van der Waals surface area contributed by atoms with Crippen molar-refractivity contribution in [2.24, 2.45) is 5.92 Å². The summed E-state index contributed by atoms with van der Waals surface area (Å²) in [6, 6.07) is 0. The summed E-state index contributed by atoms with van der Waals surface area (Å²) in [4.78, 5) is 0. The fourth-order valence-electron chi connectivity index (χ4n) is 1.99. The van der Waals surface area contributed by atoms with Crippen molar-refractivity contribution in [3.8, 4) is 0 Å². The van der Waals surface area contributed by atoms with Crippen LogP contribution in [-0.4, -0.2) is 18.9 Å². The molecule has 0 aromatic rings. The molecule has 2 nitrogen and oxygen atoms in total. The van der Waals surface area contributed by atoms with Crippen molar-refractivity contribution in [3.63, 3.8) is 0 Å². The Morgan fingerprint density at radius 1 is 1.47 bits per heavy atom. The molecule has 0 saturated heterocycles. The molecule has 1 aliphatic rings. The second kappa shape index (κ2) is 4.24. The minimum Gasteiger partial charge on any atom is -0.391 e. The van der Waals surface area contributed by atoms with Crippen molar-refractivity contribution < 1.29 is 13.2 Å². The van der Waals surface area contributed by atoms with E-state index in [0.717, 1.165) is 12.8 Å². The Kier molecular flexibility index (Phi) is 3.42. The molecule has 1 atom stereocenters. The topological polar surface area (TPSA) is 35.9 Å². The highest BCUT2D eigenvalue weighted by Gasteiger charge is 2.38. The Morgan fingerprint density at radius 2 is 2.07 bits per heavy atom. The van der Waals surface area contributed by atoms with Crippen LogP contribution in [0.1, 0.15) is 26.2 Å². The van der Waals surface area contributed by atoms with Crippen LogP contribution in [0, 0.1) is 11.3 Å². The average molecular weight is 220 g/mol. The van der Waals surface area contributed by atoms with Crippen molar-refractivity contribution in [3.05, 3.63) is 11.3 Å². The van der Waals surface area contributed by atoms with Gasteiger partial charge >= 0.3 is 6.18 Å². The third kappa shape index (κ3) is 2.52. The molecule has 0 fully saturated rings. The van der Waals surface area contributed by atoms with E-state index >= 15 is 0 Å². The Labute approximate surface area is 87.1 Å². The molecule has 1 unspecified atom stereocenters. The Bertz CT molecular complexity index is 292. The quantitative estimate of drug-likeness (QED) is 0.690. The molecule has 0 amide bonds. The fraction of sp³-hybridized carbons (Fsp3) is 0.700. The van der Waals surface area contributed by atoms with Gasteiger partial charge in [-0.05, 0) is 25.2 Å². The van der Waals surface area contributed by atoms with Crippen LogP contribution in [0.2, 0.25) is 0 Å². The van der Waals surface area contributed by atoms with Crippen molar-refractivity contribution >= 4 is 5.71 Å². The van der Waals surface area contributed by atoms with E-state index in [1.807, 2.05) is 6.92 Å². The monoisotopic (exact) mass is 220 g/mol. The van der Waals surface area contributed by atoms with Crippen LogP contribution in [0.5, 0.6) is 0 Å². The van der Waals surface area contributed by atoms with Crippen LogP contribution >= 0.6 is 0 Å². The average Bonchev–Trinajstić information content (AvgIpc) is 2.14. The van der Waals surface area contributed by atoms with E-state index in [2.05, 4.69) is 5.32 Å². The molecule has 0 aromatic carbocycles. The predicted octanol–water partition coefficient (Wildman–Crippen LogP) is 2.86. The zero-order chi connectivity index (χ0) is 11.6. The van der Waals surface area contributed by atoms with Crippen LogP contribution < -0.4 is 5.32 Å². The van der Waals surface area contributed by atoms with E-state index < -0.39 is 11.9 Å². The molecule has 15 heavy (non-hydrogen) atoms. The molecule has 1 aliphatic carbocycles. The number of alkyl halides is 3. The second-order valence-corrected chi connectivity index (χ2v) is 3.81. The first-order valence-electron chi connectivity index (χ1n) is 4.94.